The highest BCUT2D eigenvalue weighted by molar-refractivity contribution is 5.94. The minimum atomic E-state index is -0.0739. The third-order valence-corrected chi connectivity index (χ3v) is 4.98. The first-order valence-corrected chi connectivity index (χ1v) is 8.25. The Hall–Kier alpha value is -2.70. The van der Waals surface area contributed by atoms with Gasteiger partial charge in [-0.25, -0.2) is 0 Å². The van der Waals surface area contributed by atoms with Gasteiger partial charge in [0, 0.05) is 42.3 Å². The summed E-state index contributed by atoms with van der Waals surface area (Å²) in [5.74, 6) is -0.0611. The van der Waals surface area contributed by atoms with Gasteiger partial charge in [-0.15, -0.1) is 0 Å². The number of hydrogen-bond donors (Lipinski definition) is 2. The van der Waals surface area contributed by atoms with E-state index in [0.717, 1.165) is 25.7 Å². The molecule has 7 nitrogen and oxygen atoms in total. The van der Waals surface area contributed by atoms with Crippen molar-refractivity contribution >= 4 is 11.8 Å². The largest absolute Gasteiger partial charge is 0.349 e. The van der Waals surface area contributed by atoms with Gasteiger partial charge in [0.25, 0.3) is 11.8 Å². The standard InChI is InChI=1S/C17H19N5O2/c23-16(11-3-6-18-7-4-11)20-12-9-13-1-2-14(10-12)22(13)17(24)15-5-8-19-21-15/h3-8,12-14H,1-2,9-10H2,(H,19,21)(H,20,23). The van der Waals surface area contributed by atoms with Crippen LogP contribution in [0.5, 0.6) is 0 Å². The maximum absolute atomic E-state index is 12.6. The van der Waals surface area contributed by atoms with Gasteiger partial charge in [0.2, 0.25) is 0 Å². The summed E-state index contributed by atoms with van der Waals surface area (Å²) < 4.78 is 0. The van der Waals surface area contributed by atoms with Crippen molar-refractivity contribution in [3.63, 3.8) is 0 Å². The maximum atomic E-state index is 12.6. The van der Waals surface area contributed by atoms with E-state index in [1.165, 1.54) is 0 Å². The highest BCUT2D eigenvalue weighted by atomic mass is 16.2. The number of fused-ring (bicyclic) bond motifs is 2. The van der Waals surface area contributed by atoms with E-state index in [4.69, 9.17) is 0 Å². The molecule has 2 saturated heterocycles. The van der Waals surface area contributed by atoms with Gasteiger partial charge < -0.3 is 10.2 Å². The predicted octanol–water partition coefficient (Wildman–Crippen LogP) is 1.37. The second kappa shape index (κ2) is 6.07. The molecule has 2 aliphatic heterocycles. The second-order valence-electron chi connectivity index (χ2n) is 6.45. The highest BCUT2D eigenvalue weighted by Gasteiger charge is 2.44. The van der Waals surface area contributed by atoms with Crippen LogP contribution in [0.3, 0.4) is 0 Å². The molecule has 0 radical (unpaired) electrons. The molecule has 124 valence electrons. The van der Waals surface area contributed by atoms with Crippen molar-refractivity contribution < 1.29 is 9.59 Å². The number of rotatable bonds is 3. The number of pyridine rings is 1. The number of aromatic nitrogens is 3. The Bertz CT molecular complexity index is 717. The average Bonchev–Trinajstić information content (AvgIpc) is 3.22. The molecule has 2 N–H and O–H groups in total. The smallest absolute Gasteiger partial charge is 0.272 e. The zero-order valence-electron chi connectivity index (χ0n) is 13.2. The highest BCUT2D eigenvalue weighted by Crippen LogP contribution is 2.36. The summed E-state index contributed by atoms with van der Waals surface area (Å²) in [4.78, 5) is 30.9. The Morgan fingerprint density at radius 3 is 2.42 bits per heavy atom. The average molecular weight is 325 g/mol. The van der Waals surface area contributed by atoms with E-state index in [9.17, 15) is 9.59 Å². The van der Waals surface area contributed by atoms with Crippen LogP contribution in [-0.4, -0.2) is 50.0 Å². The summed E-state index contributed by atoms with van der Waals surface area (Å²) in [5.41, 5.74) is 1.15. The molecule has 2 atom stereocenters. The summed E-state index contributed by atoms with van der Waals surface area (Å²) in [5, 5.41) is 9.72. The molecule has 0 aliphatic carbocycles. The fourth-order valence-corrected chi connectivity index (χ4v) is 3.91. The molecule has 0 saturated carbocycles. The fourth-order valence-electron chi connectivity index (χ4n) is 3.91. The number of piperidine rings is 1. The van der Waals surface area contributed by atoms with Crippen LogP contribution in [0, 0.1) is 0 Å². The SMILES string of the molecule is O=C(NC1CC2CCC(C1)N2C(=O)c1ccn[nH]1)c1ccncc1. The van der Waals surface area contributed by atoms with Crippen LogP contribution in [0.25, 0.3) is 0 Å². The van der Waals surface area contributed by atoms with Crippen LogP contribution in [0.1, 0.15) is 46.5 Å². The molecule has 4 heterocycles. The lowest BCUT2D eigenvalue weighted by molar-refractivity contribution is 0.0543. The van der Waals surface area contributed by atoms with Crippen molar-refractivity contribution in [2.24, 2.45) is 0 Å². The van der Waals surface area contributed by atoms with Gasteiger partial charge in [-0.2, -0.15) is 5.10 Å². The zero-order chi connectivity index (χ0) is 16.5. The molecule has 2 amide bonds. The topological polar surface area (TPSA) is 91.0 Å². The molecular weight excluding hydrogens is 306 g/mol. The molecule has 2 aromatic heterocycles. The van der Waals surface area contributed by atoms with Gasteiger partial charge in [-0.05, 0) is 43.9 Å². The zero-order valence-corrected chi connectivity index (χ0v) is 13.2. The van der Waals surface area contributed by atoms with Crippen LogP contribution in [0.4, 0.5) is 0 Å². The number of nitrogens with one attached hydrogen (secondary N) is 2. The monoisotopic (exact) mass is 325 g/mol. The lowest BCUT2D eigenvalue weighted by Crippen LogP contribution is -2.52. The second-order valence-corrected chi connectivity index (χ2v) is 6.45. The van der Waals surface area contributed by atoms with Crippen LogP contribution >= 0.6 is 0 Å². The summed E-state index contributed by atoms with van der Waals surface area (Å²) in [6, 6.07) is 5.60. The fraction of sp³-hybridized carbons (Fsp3) is 0.412. The Labute approximate surface area is 139 Å². The van der Waals surface area contributed by atoms with Gasteiger partial charge in [-0.3, -0.25) is 19.7 Å². The first-order valence-electron chi connectivity index (χ1n) is 8.25. The van der Waals surface area contributed by atoms with Crippen LogP contribution in [-0.2, 0) is 0 Å². The summed E-state index contributed by atoms with van der Waals surface area (Å²) in [7, 11) is 0. The van der Waals surface area contributed by atoms with E-state index in [0.29, 0.717) is 11.3 Å². The van der Waals surface area contributed by atoms with Crippen molar-refractivity contribution in [3.8, 4) is 0 Å². The Morgan fingerprint density at radius 1 is 1.08 bits per heavy atom. The van der Waals surface area contributed by atoms with Gasteiger partial charge >= 0.3 is 0 Å². The third-order valence-electron chi connectivity index (χ3n) is 4.98. The van der Waals surface area contributed by atoms with Gasteiger partial charge in [0.15, 0.2) is 0 Å². The Morgan fingerprint density at radius 2 is 1.79 bits per heavy atom. The maximum Gasteiger partial charge on any atom is 0.272 e. The number of nitrogens with zero attached hydrogens (tertiary/aromatic N) is 3. The predicted molar refractivity (Wildman–Crippen MR) is 86.3 cm³/mol. The van der Waals surface area contributed by atoms with E-state index in [2.05, 4.69) is 20.5 Å². The quantitative estimate of drug-likeness (QED) is 0.892. The molecular formula is C17H19N5O2. The lowest BCUT2D eigenvalue weighted by Gasteiger charge is -2.39. The number of carbonyl (C=O) groups is 2. The number of carbonyl (C=O) groups excluding carboxylic acids is 2. The van der Waals surface area contributed by atoms with Crippen molar-refractivity contribution in [1.82, 2.24) is 25.4 Å². The van der Waals surface area contributed by atoms with Crippen LogP contribution in [0.2, 0.25) is 0 Å². The molecule has 0 spiro atoms. The number of hydrogen-bond acceptors (Lipinski definition) is 4. The molecule has 2 aromatic rings. The molecule has 2 fully saturated rings. The van der Waals surface area contributed by atoms with E-state index < -0.39 is 0 Å². The third kappa shape index (κ3) is 2.66. The Balaban J connectivity index is 1.43. The van der Waals surface area contributed by atoms with E-state index in [1.54, 1.807) is 36.8 Å². The molecule has 24 heavy (non-hydrogen) atoms. The van der Waals surface area contributed by atoms with Gasteiger partial charge in [0.1, 0.15) is 5.69 Å². The molecule has 2 aliphatic rings. The minimum absolute atomic E-state index is 0.0129. The van der Waals surface area contributed by atoms with E-state index in [1.807, 2.05) is 4.90 Å². The minimum Gasteiger partial charge on any atom is -0.349 e. The van der Waals surface area contributed by atoms with E-state index in [-0.39, 0.29) is 29.9 Å². The summed E-state index contributed by atoms with van der Waals surface area (Å²) in [6.07, 6.45) is 8.41. The van der Waals surface area contributed by atoms with Gasteiger partial charge in [0.05, 0.1) is 0 Å². The molecule has 7 heteroatoms. The summed E-state index contributed by atoms with van der Waals surface area (Å²) in [6.45, 7) is 0. The van der Waals surface area contributed by atoms with Crippen molar-refractivity contribution in [2.75, 3.05) is 0 Å². The first kappa shape index (κ1) is 14.9. The molecule has 4 rings (SSSR count). The molecule has 0 aromatic carbocycles. The number of amides is 2. The molecule has 2 unspecified atom stereocenters. The van der Waals surface area contributed by atoms with E-state index >= 15 is 0 Å². The van der Waals surface area contributed by atoms with Crippen molar-refractivity contribution in [3.05, 3.63) is 48.0 Å². The normalized spacial score (nSPS) is 25.5. The van der Waals surface area contributed by atoms with Crippen LogP contribution < -0.4 is 5.32 Å². The lowest BCUT2D eigenvalue weighted by atomic mass is 9.96. The summed E-state index contributed by atoms with van der Waals surface area (Å²) >= 11 is 0. The number of aromatic amines is 1. The Kier molecular flexibility index (Phi) is 3.76. The van der Waals surface area contributed by atoms with Crippen LogP contribution in [0.15, 0.2) is 36.8 Å². The number of H-pyrrole nitrogens is 1. The van der Waals surface area contributed by atoms with Crippen molar-refractivity contribution in [2.45, 2.75) is 43.8 Å². The first-order chi connectivity index (χ1) is 11.7. The molecule has 2 bridgehead atoms. The van der Waals surface area contributed by atoms with Gasteiger partial charge in [-0.1, -0.05) is 0 Å². The van der Waals surface area contributed by atoms with Crippen molar-refractivity contribution in [1.29, 1.82) is 0 Å².